The fourth-order valence-corrected chi connectivity index (χ4v) is 3.84. The van der Waals surface area contributed by atoms with Crippen LogP contribution in [0.2, 0.25) is 0 Å². The van der Waals surface area contributed by atoms with E-state index < -0.39 is 0 Å². The van der Waals surface area contributed by atoms with Gasteiger partial charge in [0.25, 0.3) is 5.91 Å². The van der Waals surface area contributed by atoms with Gasteiger partial charge < -0.3 is 10.2 Å². The molecule has 30 heavy (non-hydrogen) atoms. The van der Waals surface area contributed by atoms with Gasteiger partial charge in [0.15, 0.2) is 5.16 Å². The maximum atomic E-state index is 12.4. The van der Waals surface area contributed by atoms with Crippen LogP contribution in [0.4, 0.5) is 5.69 Å². The second-order valence-electron chi connectivity index (χ2n) is 7.40. The lowest BCUT2D eigenvalue weighted by Gasteiger charge is -2.11. The van der Waals surface area contributed by atoms with Crippen LogP contribution in [0.5, 0.6) is 0 Å². The highest BCUT2D eigenvalue weighted by molar-refractivity contribution is 7.99. The van der Waals surface area contributed by atoms with Gasteiger partial charge in [-0.2, -0.15) is 0 Å². The third-order valence-electron chi connectivity index (χ3n) is 4.77. The Balaban J connectivity index is 1.42. The molecule has 1 aliphatic rings. The number of nitrogens with one attached hydrogen (secondary N) is 1. The zero-order chi connectivity index (χ0) is 21.1. The van der Waals surface area contributed by atoms with E-state index in [9.17, 15) is 9.59 Å². The molecule has 4 rings (SSSR count). The number of nitrogens with zero attached hydrogens (tertiary/aromatic N) is 4. The Kier molecular flexibility index (Phi) is 5.85. The molecule has 7 nitrogen and oxygen atoms in total. The highest BCUT2D eigenvalue weighted by Crippen LogP contribution is 2.41. The molecule has 1 saturated carbocycles. The van der Waals surface area contributed by atoms with Gasteiger partial charge in [0, 0.05) is 37.0 Å². The van der Waals surface area contributed by atoms with Crippen molar-refractivity contribution < 1.29 is 9.59 Å². The Morgan fingerprint density at radius 2 is 1.77 bits per heavy atom. The van der Waals surface area contributed by atoms with E-state index in [1.54, 1.807) is 38.4 Å². The standard InChI is InChI=1S/C22H23N5O2S/c1-26(2)21(29)16-10-12-17(13-11-16)23-19(28)14-30-22-25-24-20(15-8-9-15)27(22)18-6-4-3-5-7-18/h3-7,10-13,15H,8-9,14H2,1-2H3,(H,23,28). The van der Waals surface area contributed by atoms with Crippen LogP contribution in [-0.2, 0) is 4.79 Å². The topological polar surface area (TPSA) is 80.1 Å². The van der Waals surface area contributed by atoms with Gasteiger partial charge in [-0.05, 0) is 49.2 Å². The average Bonchev–Trinajstić information content (AvgIpc) is 3.52. The minimum atomic E-state index is -0.137. The molecular weight excluding hydrogens is 398 g/mol. The minimum absolute atomic E-state index is 0.0739. The molecule has 0 radical (unpaired) electrons. The van der Waals surface area contributed by atoms with Gasteiger partial charge in [-0.25, -0.2) is 0 Å². The summed E-state index contributed by atoms with van der Waals surface area (Å²) in [6, 6.07) is 16.9. The lowest BCUT2D eigenvalue weighted by molar-refractivity contribution is -0.113. The van der Waals surface area contributed by atoms with Gasteiger partial charge in [-0.1, -0.05) is 30.0 Å². The summed E-state index contributed by atoms with van der Waals surface area (Å²) in [5.74, 6) is 1.42. The molecule has 154 valence electrons. The summed E-state index contributed by atoms with van der Waals surface area (Å²) in [5.41, 5.74) is 2.24. The van der Waals surface area contributed by atoms with E-state index >= 15 is 0 Å². The average molecular weight is 422 g/mol. The summed E-state index contributed by atoms with van der Waals surface area (Å²) in [4.78, 5) is 25.9. The number of rotatable bonds is 7. The van der Waals surface area contributed by atoms with Crippen LogP contribution in [0.1, 0.15) is 34.9 Å². The van der Waals surface area contributed by atoms with Crippen molar-refractivity contribution >= 4 is 29.3 Å². The molecule has 0 unspecified atom stereocenters. The van der Waals surface area contributed by atoms with Gasteiger partial charge in [0.2, 0.25) is 5.91 Å². The minimum Gasteiger partial charge on any atom is -0.345 e. The molecule has 1 fully saturated rings. The van der Waals surface area contributed by atoms with E-state index in [1.807, 2.05) is 30.3 Å². The highest BCUT2D eigenvalue weighted by atomic mass is 32.2. The predicted octanol–water partition coefficient (Wildman–Crippen LogP) is 3.58. The third-order valence-corrected chi connectivity index (χ3v) is 5.70. The van der Waals surface area contributed by atoms with Crippen molar-refractivity contribution in [2.45, 2.75) is 23.9 Å². The van der Waals surface area contributed by atoms with E-state index in [-0.39, 0.29) is 17.6 Å². The lowest BCUT2D eigenvalue weighted by atomic mass is 10.2. The van der Waals surface area contributed by atoms with E-state index in [0.29, 0.717) is 22.3 Å². The molecule has 1 N–H and O–H groups in total. The van der Waals surface area contributed by atoms with Gasteiger partial charge in [0.05, 0.1) is 5.75 Å². The van der Waals surface area contributed by atoms with Crippen molar-refractivity contribution in [3.63, 3.8) is 0 Å². The van der Waals surface area contributed by atoms with Crippen LogP contribution in [0.15, 0.2) is 59.8 Å². The molecule has 0 saturated heterocycles. The van der Waals surface area contributed by atoms with Gasteiger partial charge >= 0.3 is 0 Å². The van der Waals surface area contributed by atoms with E-state index in [0.717, 1.165) is 24.4 Å². The zero-order valence-electron chi connectivity index (χ0n) is 16.9. The first-order chi connectivity index (χ1) is 14.5. The van der Waals surface area contributed by atoms with Crippen LogP contribution >= 0.6 is 11.8 Å². The monoisotopic (exact) mass is 421 g/mol. The van der Waals surface area contributed by atoms with Crippen molar-refractivity contribution in [2.24, 2.45) is 0 Å². The second kappa shape index (κ2) is 8.71. The number of carbonyl (C=O) groups excluding carboxylic acids is 2. The number of anilines is 1. The van der Waals surface area contributed by atoms with Crippen LogP contribution in [0, 0.1) is 0 Å². The number of para-hydroxylation sites is 1. The predicted molar refractivity (Wildman–Crippen MR) is 117 cm³/mol. The SMILES string of the molecule is CN(C)C(=O)c1ccc(NC(=O)CSc2nnc(C3CC3)n2-c2ccccc2)cc1. The van der Waals surface area contributed by atoms with E-state index in [1.165, 1.54) is 16.7 Å². The van der Waals surface area contributed by atoms with Gasteiger partial charge in [0.1, 0.15) is 5.82 Å². The van der Waals surface area contributed by atoms with Crippen LogP contribution in [0.25, 0.3) is 5.69 Å². The van der Waals surface area contributed by atoms with Crippen molar-refractivity contribution in [1.82, 2.24) is 19.7 Å². The molecule has 0 aliphatic heterocycles. The normalized spacial score (nSPS) is 13.1. The largest absolute Gasteiger partial charge is 0.345 e. The van der Waals surface area contributed by atoms with E-state index in [4.69, 9.17) is 0 Å². The maximum Gasteiger partial charge on any atom is 0.253 e. The Bertz CT molecular complexity index is 1040. The van der Waals surface area contributed by atoms with Gasteiger partial charge in [-0.3, -0.25) is 14.2 Å². The summed E-state index contributed by atoms with van der Waals surface area (Å²) < 4.78 is 2.05. The van der Waals surface area contributed by atoms with Gasteiger partial charge in [-0.15, -0.1) is 10.2 Å². The van der Waals surface area contributed by atoms with Crippen LogP contribution in [-0.4, -0.2) is 51.3 Å². The molecule has 0 atom stereocenters. The number of thioether (sulfide) groups is 1. The molecule has 0 bridgehead atoms. The number of carbonyl (C=O) groups is 2. The van der Waals surface area contributed by atoms with E-state index in [2.05, 4.69) is 20.1 Å². The number of hydrogen-bond donors (Lipinski definition) is 1. The molecule has 1 heterocycles. The molecular formula is C22H23N5O2S. The second-order valence-corrected chi connectivity index (χ2v) is 8.34. The molecule has 8 heteroatoms. The zero-order valence-corrected chi connectivity index (χ0v) is 17.7. The summed E-state index contributed by atoms with van der Waals surface area (Å²) in [6.07, 6.45) is 2.25. The van der Waals surface area contributed by atoms with Crippen LogP contribution < -0.4 is 5.32 Å². The Labute approximate surface area is 179 Å². The molecule has 2 amide bonds. The van der Waals surface area contributed by atoms with Crippen molar-refractivity contribution in [3.05, 3.63) is 66.0 Å². The number of aromatic nitrogens is 3. The lowest BCUT2D eigenvalue weighted by Crippen LogP contribution is -2.21. The molecule has 3 aromatic rings. The maximum absolute atomic E-state index is 12.4. The summed E-state index contributed by atoms with van der Waals surface area (Å²) >= 11 is 1.36. The van der Waals surface area contributed by atoms with Crippen molar-refractivity contribution in [2.75, 3.05) is 25.2 Å². The molecule has 0 spiro atoms. The molecule has 1 aromatic heterocycles. The quantitative estimate of drug-likeness (QED) is 0.590. The summed E-state index contributed by atoms with van der Waals surface area (Å²) in [6.45, 7) is 0. The summed E-state index contributed by atoms with van der Waals surface area (Å²) in [5, 5.41) is 12.3. The molecule has 2 aromatic carbocycles. The van der Waals surface area contributed by atoms with Crippen molar-refractivity contribution in [3.8, 4) is 5.69 Å². The molecule has 1 aliphatic carbocycles. The first-order valence-electron chi connectivity index (χ1n) is 9.78. The van der Waals surface area contributed by atoms with Crippen molar-refractivity contribution in [1.29, 1.82) is 0 Å². The number of amides is 2. The highest BCUT2D eigenvalue weighted by Gasteiger charge is 2.31. The summed E-state index contributed by atoms with van der Waals surface area (Å²) in [7, 11) is 3.41. The number of hydrogen-bond acceptors (Lipinski definition) is 5. The Morgan fingerprint density at radius 3 is 2.40 bits per heavy atom. The first-order valence-corrected chi connectivity index (χ1v) is 10.8. The Morgan fingerprint density at radius 1 is 1.07 bits per heavy atom. The first kappa shape index (κ1) is 20.2. The smallest absolute Gasteiger partial charge is 0.253 e. The fourth-order valence-electron chi connectivity index (χ4n) is 3.08. The third kappa shape index (κ3) is 4.54. The fraction of sp³-hybridized carbons (Fsp3) is 0.273. The van der Waals surface area contributed by atoms with Crippen LogP contribution in [0.3, 0.4) is 0 Å². The number of benzene rings is 2. The Hall–Kier alpha value is -3.13.